The van der Waals surface area contributed by atoms with E-state index in [-0.39, 0.29) is 0 Å². The van der Waals surface area contributed by atoms with Gasteiger partial charge >= 0.3 is 0 Å². The largest absolute Gasteiger partial charge is 0.364 e. The van der Waals surface area contributed by atoms with Crippen LogP contribution < -0.4 is 10.2 Å². The Morgan fingerprint density at radius 3 is 2.58 bits per heavy atom. The van der Waals surface area contributed by atoms with Crippen molar-refractivity contribution in [1.29, 1.82) is 0 Å². The molecule has 4 heterocycles. The average Bonchev–Trinajstić information content (AvgIpc) is 3.16. The maximum Gasteiger partial charge on any atom is 0.194 e. The Labute approximate surface area is 185 Å². The van der Waals surface area contributed by atoms with Gasteiger partial charge in [0.1, 0.15) is 12.1 Å². The molecule has 2 aromatic rings. The van der Waals surface area contributed by atoms with E-state index in [4.69, 9.17) is 9.52 Å². The van der Waals surface area contributed by atoms with E-state index in [1.165, 1.54) is 31.2 Å². The Hall–Kier alpha value is -2.61. The van der Waals surface area contributed by atoms with Gasteiger partial charge in [-0.25, -0.2) is 9.98 Å². The van der Waals surface area contributed by atoms with Gasteiger partial charge in [-0.15, -0.1) is 0 Å². The zero-order chi connectivity index (χ0) is 21.3. The number of anilines is 1. The number of hydrogen-bond donors (Lipinski definition) is 1. The first-order valence-corrected chi connectivity index (χ1v) is 11.7. The van der Waals surface area contributed by atoms with Crippen LogP contribution in [0.4, 0.5) is 5.82 Å². The van der Waals surface area contributed by atoms with Gasteiger partial charge in [-0.3, -0.25) is 4.90 Å². The Bertz CT molecular complexity index is 807. The lowest BCUT2D eigenvalue weighted by atomic mass is 10.2. The minimum atomic E-state index is 0.671. The van der Waals surface area contributed by atoms with Gasteiger partial charge in [0.2, 0.25) is 0 Å². The number of piperazine rings is 1. The van der Waals surface area contributed by atoms with Crippen molar-refractivity contribution in [2.45, 2.75) is 45.7 Å². The van der Waals surface area contributed by atoms with Gasteiger partial charge < -0.3 is 19.6 Å². The van der Waals surface area contributed by atoms with Crippen LogP contribution in [0.15, 0.2) is 40.2 Å². The third-order valence-corrected chi connectivity index (χ3v) is 6.03. The highest BCUT2D eigenvalue weighted by atomic mass is 16.5. The Morgan fingerprint density at radius 1 is 1.06 bits per heavy atom. The van der Waals surface area contributed by atoms with Crippen molar-refractivity contribution < 1.29 is 4.52 Å². The number of aromatic nitrogens is 2. The van der Waals surface area contributed by atoms with Crippen LogP contribution in [-0.2, 0) is 13.1 Å². The standard InChI is InChI=1S/C23H35N7O/c1-2-24-23(30-14-12-28(13-15-30)19-21-8-16-31-27-21)26-18-20-7-9-25-22(17-20)29-10-5-3-4-6-11-29/h7-9,16-17H,2-6,10-15,18-19H2,1H3,(H,24,26). The van der Waals surface area contributed by atoms with Crippen LogP contribution in [0.2, 0.25) is 0 Å². The topological polar surface area (TPSA) is 73.0 Å². The molecule has 8 nitrogen and oxygen atoms in total. The van der Waals surface area contributed by atoms with Crippen molar-refractivity contribution in [3.63, 3.8) is 0 Å². The molecule has 1 N–H and O–H groups in total. The van der Waals surface area contributed by atoms with Crippen molar-refractivity contribution in [2.75, 3.05) is 50.7 Å². The molecule has 31 heavy (non-hydrogen) atoms. The van der Waals surface area contributed by atoms with Gasteiger partial charge in [0.05, 0.1) is 12.2 Å². The Kier molecular flexibility index (Phi) is 7.76. The lowest BCUT2D eigenvalue weighted by molar-refractivity contribution is 0.169. The van der Waals surface area contributed by atoms with Gasteiger partial charge in [0.15, 0.2) is 5.96 Å². The second-order valence-corrected chi connectivity index (χ2v) is 8.35. The molecule has 8 heteroatoms. The zero-order valence-corrected chi connectivity index (χ0v) is 18.7. The molecule has 2 aliphatic rings. The average molecular weight is 426 g/mol. The van der Waals surface area contributed by atoms with Gasteiger partial charge in [0, 0.05) is 64.6 Å². The number of nitrogens with one attached hydrogen (secondary N) is 1. The molecule has 0 aliphatic carbocycles. The fourth-order valence-electron chi connectivity index (χ4n) is 4.29. The van der Waals surface area contributed by atoms with Crippen LogP contribution in [0.25, 0.3) is 0 Å². The highest BCUT2D eigenvalue weighted by Crippen LogP contribution is 2.18. The summed E-state index contributed by atoms with van der Waals surface area (Å²) in [6, 6.07) is 6.24. The van der Waals surface area contributed by atoms with Crippen molar-refractivity contribution >= 4 is 11.8 Å². The van der Waals surface area contributed by atoms with Crippen molar-refractivity contribution in [1.82, 2.24) is 25.3 Å². The summed E-state index contributed by atoms with van der Waals surface area (Å²) in [4.78, 5) is 16.8. The van der Waals surface area contributed by atoms with Gasteiger partial charge in [-0.2, -0.15) is 0 Å². The number of hydrogen-bond acceptors (Lipinski definition) is 6. The van der Waals surface area contributed by atoms with Gasteiger partial charge in [-0.1, -0.05) is 18.0 Å². The molecule has 0 saturated carbocycles. The van der Waals surface area contributed by atoms with E-state index < -0.39 is 0 Å². The molecular formula is C23H35N7O. The molecule has 2 saturated heterocycles. The smallest absolute Gasteiger partial charge is 0.194 e. The first-order valence-electron chi connectivity index (χ1n) is 11.7. The Morgan fingerprint density at radius 2 is 1.87 bits per heavy atom. The molecule has 0 aromatic carbocycles. The summed E-state index contributed by atoms with van der Waals surface area (Å²) < 4.78 is 4.95. The van der Waals surface area contributed by atoms with Crippen molar-refractivity contribution in [2.24, 2.45) is 4.99 Å². The summed E-state index contributed by atoms with van der Waals surface area (Å²) in [7, 11) is 0. The molecule has 168 valence electrons. The van der Waals surface area contributed by atoms with E-state index in [1.54, 1.807) is 6.26 Å². The number of aliphatic imine (C=N–C) groups is 1. The first-order chi connectivity index (χ1) is 15.3. The molecule has 0 radical (unpaired) electrons. The zero-order valence-electron chi connectivity index (χ0n) is 18.7. The van der Waals surface area contributed by atoms with E-state index >= 15 is 0 Å². The van der Waals surface area contributed by atoms with Crippen LogP contribution >= 0.6 is 0 Å². The third kappa shape index (κ3) is 6.19. The fourth-order valence-corrected chi connectivity index (χ4v) is 4.29. The summed E-state index contributed by atoms with van der Waals surface area (Å²) >= 11 is 0. The molecule has 2 fully saturated rings. The number of guanidine groups is 1. The predicted molar refractivity (Wildman–Crippen MR) is 123 cm³/mol. The van der Waals surface area contributed by atoms with E-state index in [2.05, 4.69) is 49.2 Å². The summed E-state index contributed by atoms with van der Waals surface area (Å²) in [6.07, 6.45) is 8.75. The second kappa shape index (κ2) is 11.1. The van der Waals surface area contributed by atoms with E-state index in [9.17, 15) is 0 Å². The van der Waals surface area contributed by atoms with Crippen LogP contribution in [0.5, 0.6) is 0 Å². The van der Waals surface area contributed by atoms with Crippen molar-refractivity contribution in [3.8, 4) is 0 Å². The van der Waals surface area contributed by atoms with Crippen LogP contribution in [0.3, 0.4) is 0 Å². The number of nitrogens with zero attached hydrogens (tertiary/aromatic N) is 6. The van der Waals surface area contributed by atoms with Gasteiger partial charge in [-0.05, 0) is 37.5 Å². The fraction of sp³-hybridized carbons (Fsp3) is 0.609. The SMILES string of the molecule is CCNC(=NCc1ccnc(N2CCCCCC2)c1)N1CCN(Cc2ccon2)CC1. The maximum atomic E-state index is 4.95. The van der Waals surface area contributed by atoms with Crippen molar-refractivity contribution in [3.05, 3.63) is 41.9 Å². The molecular weight excluding hydrogens is 390 g/mol. The quantitative estimate of drug-likeness (QED) is 0.563. The lowest BCUT2D eigenvalue weighted by Gasteiger charge is -2.36. The minimum Gasteiger partial charge on any atom is -0.364 e. The first kappa shape index (κ1) is 21.6. The predicted octanol–water partition coefficient (Wildman–Crippen LogP) is 2.73. The van der Waals surface area contributed by atoms with E-state index in [0.29, 0.717) is 6.54 Å². The molecule has 4 rings (SSSR count). The van der Waals surface area contributed by atoms with Gasteiger partial charge in [0.25, 0.3) is 0 Å². The summed E-state index contributed by atoms with van der Waals surface area (Å²) in [5.41, 5.74) is 2.21. The van der Waals surface area contributed by atoms with E-state index in [1.807, 2.05) is 12.3 Å². The molecule has 2 aliphatic heterocycles. The number of rotatable bonds is 6. The third-order valence-electron chi connectivity index (χ3n) is 6.03. The molecule has 2 aromatic heterocycles. The van der Waals surface area contributed by atoms with E-state index in [0.717, 1.165) is 69.8 Å². The highest BCUT2D eigenvalue weighted by Gasteiger charge is 2.20. The molecule has 0 atom stereocenters. The van der Waals surface area contributed by atoms with Crippen LogP contribution in [0, 0.1) is 0 Å². The molecule has 0 unspecified atom stereocenters. The molecule has 0 spiro atoms. The summed E-state index contributed by atoms with van der Waals surface area (Å²) in [6.45, 7) is 10.6. The van der Waals surface area contributed by atoms with Crippen LogP contribution in [0.1, 0.15) is 43.9 Å². The van der Waals surface area contributed by atoms with Crippen LogP contribution in [-0.4, -0.2) is 71.7 Å². The summed E-state index contributed by atoms with van der Waals surface area (Å²) in [5.74, 6) is 2.10. The maximum absolute atomic E-state index is 4.95. The lowest BCUT2D eigenvalue weighted by Crippen LogP contribution is -2.52. The highest BCUT2D eigenvalue weighted by molar-refractivity contribution is 5.80. The summed E-state index contributed by atoms with van der Waals surface area (Å²) in [5, 5.41) is 7.50. The normalized spacial score (nSPS) is 18.8. The monoisotopic (exact) mass is 425 g/mol. The second-order valence-electron chi connectivity index (χ2n) is 8.35. The Balaban J connectivity index is 1.35. The minimum absolute atomic E-state index is 0.671. The molecule has 0 amide bonds. The molecule has 0 bridgehead atoms. The number of pyridine rings is 1.